The van der Waals surface area contributed by atoms with Gasteiger partial charge in [-0.15, -0.1) is 0 Å². The van der Waals surface area contributed by atoms with Gasteiger partial charge in [0.1, 0.15) is 0 Å². The number of nitrogens with two attached hydrogens (primary N) is 2. The minimum absolute atomic E-state index is 0.0584. The Hall–Kier alpha value is -1.10. The summed E-state index contributed by atoms with van der Waals surface area (Å²) in [6.45, 7) is 1.65. The summed E-state index contributed by atoms with van der Waals surface area (Å²) in [5.41, 5.74) is 10.5. The summed E-state index contributed by atoms with van der Waals surface area (Å²) in [6, 6.07) is 0. The summed E-state index contributed by atoms with van der Waals surface area (Å²) < 4.78 is 0. The van der Waals surface area contributed by atoms with E-state index in [0.717, 1.165) is 0 Å². The highest BCUT2D eigenvalue weighted by molar-refractivity contribution is 5.78. The lowest BCUT2D eigenvalue weighted by molar-refractivity contribution is -0.134. The first-order valence-electron chi connectivity index (χ1n) is 4.92. The molecule has 5 nitrogen and oxygen atoms in total. The molecule has 1 aliphatic heterocycles. The highest BCUT2D eigenvalue weighted by atomic mass is 16.2. The molecular formula is C9H17N3O2. The van der Waals surface area contributed by atoms with E-state index in [2.05, 4.69) is 0 Å². The van der Waals surface area contributed by atoms with Gasteiger partial charge in [-0.25, -0.2) is 0 Å². The average Bonchev–Trinajstić information content (AvgIpc) is 2.18. The molecule has 14 heavy (non-hydrogen) atoms. The van der Waals surface area contributed by atoms with Crippen molar-refractivity contribution in [1.82, 2.24) is 4.90 Å². The molecular weight excluding hydrogens is 182 g/mol. The number of likely N-dealkylation sites (tertiary alicyclic amines) is 1. The minimum Gasteiger partial charge on any atom is -0.369 e. The third-order valence-corrected chi connectivity index (χ3v) is 2.61. The van der Waals surface area contributed by atoms with Crippen molar-refractivity contribution in [2.45, 2.75) is 19.3 Å². The maximum absolute atomic E-state index is 11.4. The topological polar surface area (TPSA) is 89.4 Å². The van der Waals surface area contributed by atoms with Crippen LogP contribution in [0.25, 0.3) is 0 Å². The molecule has 2 amide bonds. The summed E-state index contributed by atoms with van der Waals surface area (Å²) in [5, 5.41) is 0. The van der Waals surface area contributed by atoms with Crippen molar-refractivity contribution in [3.63, 3.8) is 0 Å². The maximum atomic E-state index is 11.4. The predicted molar refractivity (Wildman–Crippen MR) is 52.2 cm³/mol. The zero-order valence-corrected chi connectivity index (χ0v) is 8.24. The number of rotatable bonds is 3. The van der Waals surface area contributed by atoms with Crippen LogP contribution in [0.4, 0.5) is 0 Å². The first kappa shape index (κ1) is 11.0. The second kappa shape index (κ2) is 4.95. The number of carbonyl (C=O) groups is 2. The van der Waals surface area contributed by atoms with Gasteiger partial charge in [-0.2, -0.15) is 0 Å². The molecule has 1 fully saturated rings. The van der Waals surface area contributed by atoms with Gasteiger partial charge in [0.05, 0.1) is 0 Å². The van der Waals surface area contributed by atoms with Gasteiger partial charge in [-0.1, -0.05) is 0 Å². The highest BCUT2D eigenvalue weighted by Gasteiger charge is 2.25. The molecule has 0 aromatic heterocycles. The van der Waals surface area contributed by atoms with E-state index in [1.54, 1.807) is 4.90 Å². The molecule has 80 valence electrons. The van der Waals surface area contributed by atoms with Crippen molar-refractivity contribution >= 4 is 11.8 Å². The number of primary amides is 1. The van der Waals surface area contributed by atoms with E-state index >= 15 is 0 Å². The second-order valence-electron chi connectivity index (χ2n) is 3.60. The SMILES string of the molecule is NCCC(=O)N1CCC(C(N)=O)CC1. The molecule has 0 aliphatic carbocycles. The summed E-state index contributed by atoms with van der Waals surface area (Å²) in [5.74, 6) is -0.233. The fraction of sp³-hybridized carbons (Fsp3) is 0.778. The summed E-state index contributed by atoms with van der Waals surface area (Å²) in [6.07, 6.45) is 1.76. The Morgan fingerprint density at radius 3 is 2.29 bits per heavy atom. The maximum Gasteiger partial charge on any atom is 0.223 e. The van der Waals surface area contributed by atoms with Crippen LogP contribution in [0.1, 0.15) is 19.3 Å². The van der Waals surface area contributed by atoms with Crippen LogP contribution in [0.5, 0.6) is 0 Å². The molecule has 1 aliphatic rings. The van der Waals surface area contributed by atoms with Crippen molar-refractivity contribution in [2.75, 3.05) is 19.6 Å². The quantitative estimate of drug-likeness (QED) is 0.614. The monoisotopic (exact) mass is 199 g/mol. The fourth-order valence-corrected chi connectivity index (χ4v) is 1.69. The van der Waals surface area contributed by atoms with Crippen LogP contribution in [0, 0.1) is 5.92 Å². The molecule has 0 saturated carbocycles. The Balaban J connectivity index is 2.35. The van der Waals surface area contributed by atoms with Crippen molar-refractivity contribution in [2.24, 2.45) is 17.4 Å². The number of amides is 2. The molecule has 0 atom stereocenters. The molecule has 0 aromatic rings. The van der Waals surface area contributed by atoms with Crippen LogP contribution in [0.3, 0.4) is 0 Å². The molecule has 0 bridgehead atoms. The van der Waals surface area contributed by atoms with Gasteiger partial charge < -0.3 is 16.4 Å². The van der Waals surface area contributed by atoms with E-state index < -0.39 is 0 Å². The number of nitrogens with zero attached hydrogens (tertiary/aromatic N) is 1. The van der Waals surface area contributed by atoms with Crippen molar-refractivity contribution < 1.29 is 9.59 Å². The van der Waals surface area contributed by atoms with Gasteiger partial charge in [-0.3, -0.25) is 9.59 Å². The largest absolute Gasteiger partial charge is 0.369 e. The molecule has 0 unspecified atom stereocenters. The summed E-state index contributed by atoms with van der Waals surface area (Å²) >= 11 is 0. The van der Waals surface area contributed by atoms with Gasteiger partial charge in [0, 0.05) is 32.0 Å². The highest BCUT2D eigenvalue weighted by Crippen LogP contribution is 2.16. The Labute approximate surface area is 83.4 Å². The van der Waals surface area contributed by atoms with Crippen molar-refractivity contribution in [1.29, 1.82) is 0 Å². The van der Waals surface area contributed by atoms with Crippen LogP contribution in [0.2, 0.25) is 0 Å². The van der Waals surface area contributed by atoms with E-state index in [-0.39, 0.29) is 17.7 Å². The number of piperidine rings is 1. The first-order chi connectivity index (χ1) is 6.65. The van der Waals surface area contributed by atoms with E-state index in [4.69, 9.17) is 11.5 Å². The molecule has 1 rings (SSSR count). The third kappa shape index (κ3) is 2.70. The Morgan fingerprint density at radius 2 is 1.86 bits per heavy atom. The molecule has 4 N–H and O–H groups in total. The van der Waals surface area contributed by atoms with Gasteiger partial charge in [0.2, 0.25) is 11.8 Å². The second-order valence-corrected chi connectivity index (χ2v) is 3.60. The predicted octanol–water partition coefficient (Wildman–Crippen LogP) is -0.941. The Morgan fingerprint density at radius 1 is 1.29 bits per heavy atom. The number of carbonyl (C=O) groups excluding carboxylic acids is 2. The van der Waals surface area contributed by atoms with Gasteiger partial charge >= 0.3 is 0 Å². The van der Waals surface area contributed by atoms with E-state index in [1.807, 2.05) is 0 Å². The van der Waals surface area contributed by atoms with E-state index in [1.165, 1.54) is 0 Å². The smallest absolute Gasteiger partial charge is 0.223 e. The van der Waals surface area contributed by atoms with Crippen LogP contribution in [0.15, 0.2) is 0 Å². The normalized spacial score (nSPS) is 18.2. The van der Waals surface area contributed by atoms with Crippen molar-refractivity contribution in [3.05, 3.63) is 0 Å². The molecule has 0 spiro atoms. The number of hydrogen-bond acceptors (Lipinski definition) is 3. The standard InChI is InChI=1S/C9H17N3O2/c10-4-1-8(13)12-5-2-7(3-6-12)9(11)14/h7H,1-6,10H2,(H2,11,14). The van der Waals surface area contributed by atoms with E-state index in [9.17, 15) is 9.59 Å². The molecule has 5 heteroatoms. The van der Waals surface area contributed by atoms with Gasteiger partial charge in [0.25, 0.3) is 0 Å². The van der Waals surface area contributed by atoms with Crippen LogP contribution < -0.4 is 11.5 Å². The lowest BCUT2D eigenvalue weighted by Crippen LogP contribution is -2.42. The van der Waals surface area contributed by atoms with Gasteiger partial charge in [0.15, 0.2) is 0 Å². The third-order valence-electron chi connectivity index (χ3n) is 2.61. The summed E-state index contributed by atoms with van der Waals surface area (Å²) in [7, 11) is 0. The van der Waals surface area contributed by atoms with Crippen LogP contribution >= 0.6 is 0 Å². The minimum atomic E-state index is -0.254. The molecule has 1 heterocycles. The summed E-state index contributed by atoms with van der Waals surface area (Å²) in [4.78, 5) is 24.0. The zero-order valence-electron chi connectivity index (χ0n) is 8.24. The van der Waals surface area contributed by atoms with Crippen LogP contribution in [-0.4, -0.2) is 36.3 Å². The van der Waals surface area contributed by atoms with Crippen molar-refractivity contribution in [3.8, 4) is 0 Å². The Kier molecular flexibility index (Phi) is 3.88. The van der Waals surface area contributed by atoms with Gasteiger partial charge in [-0.05, 0) is 12.8 Å². The van der Waals surface area contributed by atoms with E-state index in [0.29, 0.717) is 38.9 Å². The average molecular weight is 199 g/mol. The zero-order chi connectivity index (χ0) is 10.6. The number of hydrogen-bond donors (Lipinski definition) is 2. The Bertz CT molecular complexity index is 222. The lowest BCUT2D eigenvalue weighted by atomic mass is 9.96. The molecule has 0 radical (unpaired) electrons. The fourth-order valence-electron chi connectivity index (χ4n) is 1.69. The molecule has 0 aromatic carbocycles. The van der Waals surface area contributed by atoms with Crippen LogP contribution in [-0.2, 0) is 9.59 Å². The lowest BCUT2D eigenvalue weighted by Gasteiger charge is -2.30. The molecule has 1 saturated heterocycles. The first-order valence-corrected chi connectivity index (χ1v) is 4.92.